The summed E-state index contributed by atoms with van der Waals surface area (Å²) < 4.78 is 37.3. The number of nitrogens with zero attached hydrogens (tertiary/aromatic N) is 1. The Labute approximate surface area is 132 Å². The molecule has 0 aliphatic carbocycles. The van der Waals surface area contributed by atoms with Gasteiger partial charge in [0.05, 0.1) is 5.69 Å². The zero-order valence-corrected chi connectivity index (χ0v) is 14.0. The molecule has 1 aromatic carbocycles. The van der Waals surface area contributed by atoms with Crippen LogP contribution in [0.5, 0.6) is 0 Å². The number of rotatable bonds is 3. The van der Waals surface area contributed by atoms with Crippen molar-refractivity contribution in [2.24, 2.45) is 4.99 Å². The van der Waals surface area contributed by atoms with Crippen molar-refractivity contribution in [3.8, 4) is 0 Å². The van der Waals surface area contributed by atoms with Crippen molar-refractivity contribution >= 4 is 30.0 Å². The van der Waals surface area contributed by atoms with Crippen LogP contribution in [0.1, 0.15) is 20.3 Å². The first-order chi connectivity index (χ1) is 9.14. The minimum absolute atomic E-state index is 0.235. The molecule has 0 aliphatic heterocycles. The first-order valence-electron chi connectivity index (χ1n) is 5.48. The Morgan fingerprint density at radius 2 is 1.70 bits per heavy atom. The first-order valence-corrected chi connectivity index (χ1v) is 9.78. The Kier molecular flexibility index (Phi) is 9.02. The molecule has 112 valence electrons. The van der Waals surface area contributed by atoms with E-state index in [2.05, 4.69) is 4.99 Å². The predicted octanol–water partition coefficient (Wildman–Crippen LogP) is 4.86. The van der Waals surface area contributed by atoms with E-state index < -0.39 is 35.2 Å². The van der Waals surface area contributed by atoms with Gasteiger partial charge in [-0.05, 0) is 26.0 Å². The molecule has 1 N–H and O–H groups in total. The van der Waals surface area contributed by atoms with Crippen molar-refractivity contribution in [3.05, 3.63) is 30.3 Å². The van der Waals surface area contributed by atoms with Gasteiger partial charge in [0.25, 0.3) is 0 Å². The summed E-state index contributed by atoms with van der Waals surface area (Å²) in [6.07, 6.45) is -5.19. The average Bonchev–Trinajstić information content (AvgIpc) is 2.28. The van der Waals surface area contributed by atoms with Crippen molar-refractivity contribution in [2.45, 2.75) is 32.0 Å². The molecule has 0 heterocycles. The van der Waals surface area contributed by atoms with Crippen LogP contribution in [0, 0.1) is 0 Å². The van der Waals surface area contributed by atoms with E-state index >= 15 is 0 Å². The normalized spacial score (nSPS) is 14.9. The number of hydrogen-bond donors (Lipinski definition) is 1. The predicted molar refractivity (Wildman–Crippen MR) is 72.2 cm³/mol. The van der Waals surface area contributed by atoms with E-state index in [0.29, 0.717) is 5.69 Å². The van der Waals surface area contributed by atoms with Crippen LogP contribution < -0.4 is 0 Å². The molecule has 8 heteroatoms. The van der Waals surface area contributed by atoms with Crippen molar-refractivity contribution in [2.75, 3.05) is 0 Å². The fourth-order valence-electron chi connectivity index (χ4n) is 1.36. The summed E-state index contributed by atoms with van der Waals surface area (Å²) in [4.78, 5) is 4.01. The van der Waals surface area contributed by atoms with Gasteiger partial charge in [0.2, 0.25) is 0 Å². The van der Waals surface area contributed by atoms with Gasteiger partial charge in [-0.2, -0.15) is 13.2 Å². The molecule has 0 radical (unpaired) electrons. The van der Waals surface area contributed by atoms with E-state index in [1.165, 1.54) is 6.92 Å². The van der Waals surface area contributed by atoms with Crippen LogP contribution in [-0.2, 0) is 17.0 Å². The van der Waals surface area contributed by atoms with Gasteiger partial charge in [-0.15, -0.1) is 0 Å². The zero-order valence-electron chi connectivity index (χ0n) is 10.9. The molecule has 0 spiro atoms. The van der Waals surface area contributed by atoms with Crippen molar-refractivity contribution in [1.82, 2.24) is 0 Å². The van der Waals surface area contributed by atoms with Gasteiger partial charge in [-0.25, -0.2) is 0 Å². The second-order valence-corrected chi connectivity index (χ2v) is 6.78. The fraction of sp³-hybridized carbons (Fsp3) is 0.417. The minimum atomic E-state index is -4.65. The van der Waals surface area contributed by atoms with Crippen LogP contribution in [0.25, 0.3) is 0 Å². The summed E-state index contributed by atoms with van der Waals surface area (Å²) in [6.45, 7) is 2.21. The zero-order chi connectivity index (χ0) is 15.8. The van der Waals surface area contributed by atoms with Gasteiger partial charge in [0.15, 0.2) is 5.60 Å². The van der Waals surface area contributed by atoms with Gasteiger partial charge in [0.1, 0.15) is 0 Å². The summed E-state index contributed by atoms with van der Waals surface area (Å²) in [6, 6.07) is 8.65. The van der Waals surface area contributed by atoms with E-state index in [1.54, 1.807) is 30.3 Å². The van der Waals surface area contributed by atoms with Gasteiger partial charge < -0.3 is 5.11 Å². The number of aliphatic imine (C=N–C) groups is 1. The molecule has 1 unspecified atom stereocenters. The third kappa shape index (κ3) is 7.65. The quantitative estimate of drug-likeness (QED) is 0.603. The van der Waals surface area contributed by atoms with Crippen LogP contribution in [0.3, 0.4) is 0 Å². The van der Waals surface area contributed by atoms with Crippen molar-refractivity contribution < 1.29 is 35.3 Å². The second-order valence-electron chi connectivity index (χ2n) is 4.20. The summed E-state index contributed by atoms with van der Waals surface area (Å²) in [5.41, 5.74) is -1.93. The number of benzene rings is 1. The monoisotopic (exact) mass is 363 g/mol. The molecule has 0 aromatic heterocycles. The summed E-state index contributed by atoms with van der Waals surface area (Å²) >= 11 is -0.556. The van der Waals surface area contributed by atoms with Gasteiger partial charge in [0, 0.05) is 12.1 Å². The molecule has 2 nitrogen and oxygen atoms in total. The average molecular weight is 364 g/mol. The van der Waals surface area contributed by atoms with Gasteiger partial charge >= 0.3 is 41.8 Å². The number of aliphatic hydroxyl groups is 1. The van der Waals surface area contributed by atoms with Gasteiger partial charge in [-0.1, -0.05) is 18.2 Å². The maximum absolute atomic E-state index is 12.4. The van der Waals surface area contributed by atoms with E-state index in [9.17, 15) is 18.3 Å². The first kappa shape index (κ1) is 19.9. The molecule has 1 aromatic rings. The number of halogens is 5. The molecule has 0 amide bonds. The Morgan fingerprint density at radius 1 is 1.25 bits per heavy atom. The van der Waals surface area contributed by atoms with E-state index in [1.807, 2.05) is 0 Å². The second kappa shape index (κ2) is 9.05. The summed E-state index contributed by atoms with van der Waals surface area (Å²) in [5, 5.41) is 9.29. The fourth-order valence-corrected chi connectivity index (χ4v) is 1.36. The molecule has 0 fully saturated rings. The molecule has 1 atom stereocenters. The van der Waals surface area contributed by atoms with E-state index in [4.69, 9.17) is 18.6 Å². The third-order valence-electron chi connectivity index (χ3n) is 2.29. The molecule has 0 aliphatic rings. The molecule has 20 heavy (non-hydrogen) atoms. The summed E-state index contributed by atoms with van der Waals surface area (Å²) in [7, 11) is 9.78. The Balaban J connectivity index is 0.00000110. The number of para-hydroxylation sites is 1. The number of hydrogen-bond acceptors (Lipinski definition) is 2. The molecule has 1 rings (SSSR count). The Morgan fingerprint density at radius 3 is 2.10 bits per heavy atom. The SMILES string of the molecule is CC(CC(C)(O)C(F)(F)F)=Nc1ccccc1.[Cl][Ti][Cl]. The van der Waals surface area contributed by atoms with Crippen LogP contribution in [0.15, 0.2) is 35.3 Å². The molecule has 0 bridgehead atoms. The third-order valence-corrected chi connectivity index (χ3v) is 2.29. The molecular formula is C12H14Cl2F3NOTi. The van der Waals surface area contributed by atoms with Crippen molar-refractivity contribution in [1.29, 1.82) is 0 Å². The Hall–Kier alpha value is -0.0657. The van der Waals surface area contributed by atoms with E-state index in [-0.39, 0.29) is 5.71 Å². The number of alkyl halides is 3. The Bertz CT molecular complexity index is 424. The molecular weight excluding hydrogens is 350 g/mol. The van der Waals surface area contributed by atoms with Crippen LogP contribution in [0.2, 0.25) is 0 Å². The standard InChI is InChI=1S/C12H14F3NO.2ClH.Ti/c1-9(8-11(2,17)12(13,14)15)16-10-6-4-3-5-7-10;;;/h3-7,17H,8H2,1-2H3;2*1H;/q;;;+2/p-2. The van der Waals surface area contributed by atoms with Crippen LogP contribution in [-0.4, -0.2) is 22.6 Å². The molecule has 0 saturated heterocycles. The van der Waals surface area contributed by atoms with Crippen LogP contribution >= 0.6 is 18.6 Å². The van der Waals surface area contributed by atoms with Gasteiger partial charge in [-0.3, -0.25) is 4.99 Å². The summed E-state index contributed by atoms with van der Waals surface area (Å²) in [5.74, 6) is 0. The van der Waals surface area contributed by atoms with Crippen molar-refractivity contribution in [3.63, 3.8) is 0 Å². The molecule has 0 saturated carbocycles. The van der Waals surface area contributed by atoms with Crippen LogP contribution in [0.4, 0.5) is 18.9 Å². The van der Waals surface area contributed by atoms with E-state index in [0.717, 1.165) is 6.92 Å². The maximum atomic E-state index is 12.4. The topological polar surface area (TPSA) is 32.6 Å².